The van der Waals surface area contributed by atoms with Crippen LogP contribution in [-0.4, -0.2) is 0 Å². The van der Waals surface area contributed by atoms with Gasteiger partial charge in [0, 0.05) is 0 Å². The fourth-order valence-corrected chi connectivity index (χ4v) is 2.26. The van der Waals surface area contributed by atoms with Gasteiger partial charge in [-0.25, -0.2) is 0 Å². The number of allylic oxidation sites excluding steroid dienone is 4. The molecule has 1 aliphatic rings. The van der Waals surface area contributed by atoms with E-state index in [9.17, 15) is 0 Å². The van der Waals surface area contributed by atoms with E-state index in [0.29, 0.717) is 11.3 Å². The second kappa shape index (κ2) is 3.92. The van der Waals surface area contributed by atoms with E-state index in [0.717, 1.165) is 5.92 Å². The SMILES string of the molecule is CCC(C)C(C)(C)C1=C(C)C(C)C=C1. The predicted molar refractivity (Wildman–Crippen MR) is 64.2 cm³/mol. The summed E-state index contributed by atoms with van der Waals surface area (Å²) in [6.07, 6.45) is 5.92. The van der Waals surface area contributed by atoms with Crippen LogP contribution in [0.3, 0.4) is 0 Å². The first kappa shape index (κ1) is 11.6. The zero-order chi connectivity index (χ0) is 10.9. The average molecular weight is 192 g/mol. The Morgan fingerprint density at radius 1 is 1.43 bits per heavy atom. The molecule has 0 nitrogen and oxygen atoms in total. The first-order chi connectivity index (χ1) is 6.41. The minimum absolute atomic E-state index is 0.333. The molecule has 0 aromatic carbocycles. The van der Waals surface area contributed by atoms with Gasteiger partial charge >= 0.3 is 0 Å². The summed E-state index contributed by atoms with van der Waals surface area (Å²) in [7, 11) is 0. The van der Waals surface area contributed by atoms with Crippen LogP contribution < -0.4 is 0 Å². The molecule has 0 bridgehead atoms. The molecule has 0 saturated heterocycles. The molecule has 0 spiro atoms. The third-order valence-electron chi connectivity index (χ3n) is 4.20. The van der Waals surface area contributed by atoms with Crippen molar-refractivity contribution in [2.45, 2.75) is 48.0 Å². The zero-order valence-corrected chi connectivity index (χ0v) is 10.5. The lowest BCUT2D eigenvalue weighted by Gasteiger charge is -2.33. The Hall–Kier alpha value is -0.520. The van der Waals surface area contributed by atoms with Crippen LogP contribution >= 0.6 is 0 Å². The Kier molecular flexibility index (Phi) is 3.24. The van der Waals surface area contributed by atoms with Crippen molar-refractivity contribution in [1.82, 2.24) is 0 Å². The van der Waals surface area contributed by atoms with Gasteiger partial charge in [0.25, 0.3) is 0 Å². The van der Waals surface area contributed by atoms with Crippen molar-refractivity contribution in [3.8, 4) is 0 Å². The third-order valence-corrected chi connectivity index (χ3v) is 4.20. The molecule has 0 heteroatoms. The number of rotatable bonds is 3. The van der Waals surface area contributed by atoms with Crippen LogP contribution in [0, 0.1) is 17.3 Å². The molecule has 0 radical (unpaired) electrons. The minimum atomic E-state index is 0.333. The highest BCUT2D eigenvalue weighted by Gasteiger charge is 2.31. The maximum atomic E-state index is 2.38. The highest BCUT2D eigenvalue weighted by Crippen LogP contribution is 2.43. The van der Waals surface area contributed by atoms with Gasteiger partial charge < -0.3 is 0 Å². The van der Waals surface area contributed by atoms with Crippen molar-refractivity contribution in [2.24, 2.45) is 17.3 Å². The smallest absolute Gasteiger partial charge is 0.00452 e. The number of hydrogen-bond donors (Lipinski definition) is 0. The van der Waals surface area contributed by atoms with Crippen LogP contribution in [0.2, 0.25) is 0 Å². The van der Waals surface area contributed by atoms with E-state index < -0.39 is 0 Å². The summed E-state index contributed by atoms with van der Waals surface area (Å²) in [4.78, 5) is 0. The molecule has 0 aliphatic heterocycles. The van der Waals surface area contributed by atoms with Crippen molar-refractivity contribution in [2.75, 3.05) is 0 Å². The van der Waals surface area contributed by atoms with Gasteiger partial charge in [-0.2, -0.15) is 0 Å². The molecule has 0 N–H and O–H groups in total. The van der Waals surface area contributed by atoms with Gasteiger partial charge in [0.2, 0.25) is 0 Å². The second-order valence-corrected chi connectivity index (χ2v) is 5.28. The monoisotopic (exact) mass is 192 g/mol. The molecule has 80 valence electrons. The summed E-state index contributed by atoms with van der Waals surface area (Å²) >= 11 is 0. The standard InChI is InChI=1S/C14H24/c1-7-11(3)14(5,6)13-9-8-10(2)12(13)4/h8-11H,7H2,1-6H3. The van der Waals surface area contributed by atoms with Gasteiger partial charge in [0.15, 0.2) is 0 Å². The minimum Gasteiger partial charge on any atom is -0.0773 e. The van der Waals surface area contributed by atoms with Gasteiger partial charge in [-0.05, 0) is 29.7 Å². The van der Waals surface area contributed by atoms with Crippen LogP contribution in [-0.2, 0) is 0 Å². The molecule has 0 aromatic heterocycles. The lowest BCUT2D eigenvalue weighted by atomic mass is 9.71. The highest BCUT2D eigenvalue weighted by atomic mass is 14.4. The van der Waals surface area contributed by atoms with Crippen molar-refractivity contribution in [3.05, 3.63) is 23.3 Å². The molecule has 1 aliphatic carbocycles. The van der Waals surface area contributed by atoms with Gasteiger partial charge in [0.1, 0.15) is 0 Å². The fourth-order valence-electron chi connectivity index (χ4n) is 2.26. The van der Waals surface area contributed by atoms with Crippen molar-refractivity contribution < 1.29 is 0 Å². The summed E-state index contributed by atoms with van der Waals surface area (Å²) in [6, 6.07) is 0. The van der Waals surface area contributed by atoms with Crippen LogP contribution in [0.15, 0.2) is 23.3 Å². The predicted octanol–water partition coefficient (Wildman–Crippen LogP) is 4.58. The lowest BCUT2D eigenvalue weighted by Crippen LogP contribution is -2.23. The van der Waals surface area contributed by atoms with E-state index in [1.54, 1.807) is 11.1 Å². The fraction of sp³-hybridized carbons (Fsp3) is 0.714. The van der Waals surface area contributed by atoms with Crippen LogP contribution in [0.25, 0.3) is 0 Å². The van der Waals surface area contributed by atoms with Gasteiger partial charge in [-0.15, -0.1) is 0 Å². The van der Waals surface area contributed by atoms with Gasteiger partial charge in [0.05, 0.1) is 0 Å². The van der Waals surface area contributed by atoms with E-state index >= 15 is 0 Å². The molecule has 0 fully saturated rings. The molecule has 0 saturated carbocycles. The van der Waals surface area contributed by atoms with Gasteiger partial charge in [-0.3, -0.25) is 0 Å². The molecule has 0 heterocycles. The summed E-state index contributed by atoms with van der Waals surface area (Å²) in [6.45, 7) is 14.0. The Morgan fingerprint density at radius 2 is 2.00 bits per heavy atom. The summed E-state index contributed by atoms with van der Waals surface area (Å²) in [5.74, 6) is 1.40. The Balaban J connectivity index is 2.99. The van der Waals surface area contributed by atoms with E-state index in [4.69, 9.17) is 0 Å². The molecular formula is C14H24. The maximum absolute atomic E-state index is 2.38. The molecule has 0 amide bonds. The molecule has 2 atom stereocenters. The average Bonchev–Trinajstić information content (AvgIpc) is 2.46. The van der Waals surface area contributed by atoms with Crippen molar-refractivity contribution >= 4 is 0 Å². The summed E-state index contributed by atoms with van der Waals surface area (Å²) in [5.41, 5.74) is 3.47. The lowest BCUT2D eigenvalue weighted by molar-refractivity contribution is 0.283. The Morgan fingerprint density at radius 3 is 2.36 bits per heavy atom. The molecule has 14 heavy (non-hydrogen) atoms. The molecular weight excluding hydrogens is 168 g/mol. The van der Waals surface area contributed by atoms with Crippen molar-refractivity contribution in [1.29, 1.82) is 0 Å². The largest absolute Gasteiger partial charge is 0.0773 e. The van der Waals surface area contributed by atoms with Crippen LogP contribution in [0.1, 0.15) is 48.0 Å². The first-order valence-corrected chi connectivity index (χ1v) is 5.80. The topological polar surface area (TPSA) is 0 Å². The van der Waals surface area contributed by atoms with Crippen LogP contribution in [0.5, 0.6) is 0 Å². The van der Waals surface area contributed by atoms with Gasteiger partial charge in [-0.1, -0.05) is 58.8 Å². The quantitative estimate of drug-likeness (QED) is 0.614. The highest BCUT2D eigenvalue weighted by molar-refractivity contribution is 5.39. The zero-order valence-electron chi connectivity index (χ0n) is 10.5. The maximum Gasteiger partial charge on any atom is -0.00452 e. The van der Waals surface area contributed by atoms with E-state index in [1.807, 2.05) is 0 Å². The van der Waals surface area contributed by atoms with Crippen LogP contribution in [0.4, 0.5) is 0 Å². The van der Waals surface area contributed by atoms with Crippen molar-refractivity contribution in [3.63, 3.8) is 0 Å². The van der Waals surface area contributed by atoms with E-state index in [2.05, 4.69) is 53.7 Å². The Labute approximate surface area is 89.1 Å². The molecule has 2 unspecified atom stereocenters. The van der Waals surface area contributed by atoms with E-state index in [1.165, 1.54) is 6.42 Å². The normalized spacial score (nSPS) is 24.6. The number of hydrogen-bond acceptors (Lipinski definition) is 0. The third kappa shape index (κ3) is 1.80. The summed E-state index contributed by atoms with van der Waals surface area (Å²) < 4.78 is 0. The second-order valence-electron chi connectivity index (χ2n) is 5.28. The first-order valence-electron chi connectivity index (χ1n) is 5.80. The molecule has 0 aromatic rings. The Bertz CT molecular complexity index is 266. The van der Waals surface area contributed by atoms with E-state index in [-0.39, 0.29) is 0 Å². The summed E-state index contributed by atoms with van der Waals surface area (Å²) in [5, 5.41) is 0. The molecule has 1 rings (SSSR count).